The lowest BCUT2D eigenvalue weighted by Gasteiger charge is -2.25. The maximum absolute atomic E-state index is 13.5. The fourth-order valence-electron chi connectivity index (χ4n) is 5.61. The van der Waals surface area contributed by atoms with Gasteiger partial charge in [0.15, 0.2) is 12.4 Å². The van der Waals surface area contributed by atoms with Crippen molar-refractivity contribution >= 4 is 49.7 Å². The quantitative estimate of drug-likeness (QED) is 0.0370. The van der Waals surface area contributed by atoms with E-state index in [1.165, 1.54) is 31.2 Å². The molecule has 0 saturated carbocycles. The Labute approximate surface area is 360 Å². The van der Waals surface area contributed by atoms with Crippen molar-refractivity contribution in [2.75, 3.05) is 0 Å². The number of benzene rings is 4. The molecule has 4 aromatic carbocycles. The van der Waals surface area contributed by atoms with E-state index in [0.717, 1.165) is 22.3 Å². The van der Waals surface area contributed by atoms with E-state index in [2.05, 4.69) is 16.0 Å². The number of amides is 4. The Kier molecular flexibility index (Phi) is 18.1. The zero-order valence-corrected chi connectivity index (χ0v) is 36.0. The molecule has 5 rings (SSSR count). The van der Waals surface area contributed by atoms with E-state index in [1.54, 1.807) is 78.9 Å². The van der Waals surface area contributed by atoms with Gasteiger partial charge in [0.25, 0.3) is 5.84 Å². The van der Waals surface area contributed by atoms with Crippen LogP contribution in [0, 0.1) is 13.8 Å². The molecule has 17 nitrogen and oxygen atoms in total. The predicted octanol–water partition coefficient (Wildman–Crippen LogP) is -0.109. The molecule has 0 saturated heterocycles. The summed E-state index contributed by atoms with van der Waals surface area (Å²) >= 11 is 0. The maximum Gasteiger partial charge on any atom is 0.270 e. The molecule has 0 aliphatic carbocycles. The molecule has 62 heavy (non-hydrogen) atoms. The Morgan fingerprint density at radius 1 is 0.645 bits per heavy atom. The number of carbonyl (C=O) groups excluding carboxylic acids is 4. The molecule has 4 amide bonds. The largest absolute Gasteiger partial charge is 0.744 e. The summed E-state index contributed by atoms with van der Waals surface area (Å²) in [5.74, 6) is -2.17. The van der Waals surface area contributed by atoms with Crippen molar-refractivity contribution in [2.45, 2.75) is 61.5 Å². The molecule has 0 unspecified atom stereocenters. The monoisotopic (exact) mass is 887 g/mol. The minimum Gasteiger partial charge on any atom is -0.744 e. The van der Waals surface area contributed by atoms with Gasteiger partial charge in [-0.15, -0.1) is 0 Å². The fraction of sp³-hybridized carbons (Fsp3) is 0.209. The first-order chi connectivity index (χ1) is 29.0. The molecule has 0 aliphatic rings. The molecule has 1 aromatic heterocycles. The summed E-state index contributed by atoms with van der Waals surface area (Å²) in [6, 6.07) is 27.6. The van der Waals surface area contributed by atoms with Crippen LogP contribution in [0.25, 0.3) is 0 Å². The summed E-state index contributed by atoms with van der Waals surface area (Å²) in [5.41, 5.74) is 15.8. The molecule has 9 N–H and O–H groups in total. The second-order valence-corrected chi connectivity index (χ2v) is 16.8. The first-order valence-electron chi connectivity index (χ1n) is 18.7. The lowest BCUT2D eigenvalue weighted by molar-refractivity contribution is -0.671. The summed E-state index contributed by atoms with van der Waals surface area (Å²) in [6.45, 7) is 4.94. The molecule has 19 heteroatoms. The van der Waals surface area contributed by atoms with Gasteiger partial charge in [-0.3, -0.25) is 30.3 Å². The van der Waals surface area contributed by atoms with Crippen molar-refractivity contribution in [2.24, 2.45) is 18.5 Å². The van der Waals surface area contributed by atoms with Crippen LogP contribution in [0.4, 0.5) is 0 Å². The lowest BCUT2D eigenvalue weighted by atomic mass is 10.0. The Morgan fingerprint density at radius 2 is 1.15 bits per heavy atom. The first kappa shape index (κ1) is 49.6. The fourth-order valence-corrected chi connectivity index (χ4v) is 6.55. The van der Waals surface area contributed by atoms with Crippen molar-refractivity contribution in [3.8, 4) is 0 Å². The Hall–Kier alpha value is -6.80. The van der Waals surface area contributed by atoms with Gasteiger partial charge in [-0.05, 0) is 67.4 Å². The van der Waals surface area contributed by atoms with E-state index < -0.39 is 62.0 Å². The van der Waals surface area contributed by atoms with Gasteiger partial charge in [-0.2, -0.15) is 0 Å². The molecule has 0 bridgehead atoms. The summed E-state index contributed by atoms with van der Waals surface area (Å²) in [4.78, 5) is 50.8. The molecule has 5 aromatic rings. The number of hydrogen-bond acceptors (Lipinski definition) is 10. The van der Waals surface area contributed by atoms with Gasteiger partial charge in [0.1, 0.15) is 45.4 Å². The number of nitrogens with two attached hydrogens (primary N) is 3. The van der Waals surface area contributed by atoms with Crippen LogP contribution in [0.5, 0.6) is 0 Å². The number of primary amides is 1. The second kappa shape index (κ2) is 22.7. The minimum atomic E-state index is -4.27. The van der Waals surface area contributed by atoms with Crippen LogP contribution in [-0.2, 0) is 59.3 Å². The van der Waals surface area contributed by atoms with Crippen LogP contribution in [0.1, 0.15) is 46.3 Å². The van der Waals surface area contributed by atoms with Crippen LogP contribution in [0.2, 0.25) is 0 Å². The van der Waals surface area contributed by atoms with Crippen LogP contribution < -0.4 is 37.4 Å². The van der Waals surface area contributed by atoms with Crippen molar-refractivity contribution in [3.63, 3.8) is 0 Å². The highest BCUT2D eigenvalue weighted by atomic mass is 32.2. The van der Waals surface area contributed by atoms with Gasteiger partial charge >= 0.3 is 0 Å². The van der Waals surface area contributed by atoms with Gasteiger partial charge in [-0.25, -0.2) is 21.4 Å². The van der Waals surface area contributed by atoms with Crippen molar-refractivity contribution in [3.05, 3.63) is 161 Å². The smallest absolute Gasteiger partial charge is 0.270 e. The number of aromatic nitrogens is 1. The third kappa shape index (κ3) is 16.7. The van der Waals surface area contributed by atoms with Crippen molar-refractivity contribution < 1.29 is 55.1 Å². The number of amidine groups is 1. The predicted molar refractivity (Wildman–Crippen MR) is 226 cm³/mol. The van der Waals surface area contributed by atoms with Crippen LogP contribution in [0.15, 0.2) is 137 Å². The Morgan fingerprint density at radius 3 is 1.58 bits per heavy atom. The maximum atomic E-state index is 13.5. The van der Waals surface area contributed by atoms with Crippen LogP contribution in [-0.4, -0.2) is 67.5 Å². The Bertz CT molecular complexity index is 2480. The molecule has 0 spiro atoms. The van der Waals surface area contributed by atoms with Crippen LogP contribution >= 0.6 is 0 Å². The minimum absolute atomic E-state index is 0.147. The summed E-state index contributed by atoms with van der Waals surface area (Å²) in [5, 5.41) is 13.7. The topological polar surface area (TPSA) is 300 Å². The highest BCUT2D eigenvalue weighted by Crippen LogP contribution is 2.16. The first-order valence-corrected chi connectivity index (χ1v) is 21.5. The zero-order chi connectivity index (χ0) is 46.2. The van der Waals surface area contributed by atoms with E-state index in [1.807, 2.05) is 50.0 Å². The lowest BCUT2D eigenvalue weighted by Crippen LogP contribution is -2.53. The van der Waals surface area contributed by atoms with E-state index in [4.69, 9.17) is 16.9 Å². The number of rotatable bonds is 14. The van der Waals surface area contributed by atoms with Gasteiger partial charge < -0.3 is 30.8 Å². The third-order valence-corrected chi connectivity index (χ3v) is 10.5. The number of nitrogens with zero attached hydrogens (tertiary/aromatic N) is 1. The standard InChI is InChI=1S/C29H33N7O4.2C7H8O3S/c1-18(37)33-24(15-19-10-12-22(13-11-19)26(30)31)28(39)35-25(21-8-4-3-5-9-21)29(40)34-23(27(32)38)16-20-7-6-14-36(2)17-20;2*1-6-2-4-7(5-3-6)11(8,9)10/h3-14,17,23-25H,15-16H2,1-2H3,(H7-,30,31,32,33,34,35,37,38,39,40);2*2-5H,1H3,(H,8,9,10)/t23-,24-,25-;;/m0../s1. The molecular formula is C43H49N7O10S2. The van der Waals surface area contributed by atoms with E-state index in [0.29, 0.717) is 11.1 Å². The van der Waals surface area contributed by atoms with Gasteiger partial charge in [0, 0.05) is 31.4 Å². The number of hydrogen-bond donors (Lipinski definition) is 6. The normalized spacial score (nSPS) is 12.4. The summed E-state index contributed by atoms with van der Waals surface area (Å²) in [7, 11) is -6.70. The van der Waals surface area contributed by atoms with Gasteiger partial charge in [-0.1, -0.05) is 77.9 Å². The molecule has 0 fully saturated rings. The van der Waals surface area contributed by atoms with Crippen molar-refractivity contribution in [1.82, 2.24) is 16.0 Å². The van der Waals surface area contributed by atoms with Gasteiger partial charge in [0.2, 0.25) is 23.6 Å². The molecule has 328 valence electrons. The zero-order valence-electron chi connectivity index (χ0n) is 34.3. The Balaban J connectivity index is 0.000000374. The number of nitrogens with one attached hydrogen (secondary N) is 3. The van der Waals surface area contributed by atoms with Gasteiger partial charge in [0.05, 0.1) is 15.4 Å². The highest BCUT2D eigenvalue weighted by Gasteiger charge is 2.30. The molecule has 1 heterocycles. The molecular weight excluding hydrogens is 839 g/mol. The van der Waals surface area contributed by atoms with Crippen molar-refractivity contribution in [1.29, 1.82) is 0 Å². The number of aryl methyl sites for hydroxylation is 3. The number of pyridine rings is 1. The van der Waals surface area contributed by atoms with E-state index >= 15 is 0 Å². The second-order valence-electron chi connectivity index (χ2n) is 14.0. The van der Waals surface area contributed by atoms with E-state index in [9.17, 15) is 45.1 Å². The average molecular weight is 888 g/mol. The summed E-state index contributed by atoms with van der Waals surface area (Å²) in [6.07, 6.45) is 3.98. The number of carbonyl (C=O) groups is 4. The average Bonchev–Trinajstić information content (AvgIpc) is 3.20. The van der Waals surface area contributed by atoms with Crippen LogP contribution in [0.3, 0.4) is 0 Å². The third-order valence-electron chi connectivity index (χ3n) is 8.82. The molecule has 0 aliphatic heterocycles. The van der Waals surface area contributed by atoms with E-state index in [-0.39, 0.29) is 28.5 Å². The highest BCUT2D eigenvalue weighted by molar-refractivity contribution is 7.86. The molecule has 3 atom stereocenters. The summed E-state index contributed by atoms with van der Waals surface area (Å²) < 4.78 is 64.2. The molecule has 0 radical (unpaired) electrons. The SMILES string of the molecule is CC(=O)N[C@@H](Cc1ccc(C(N)=[NH2+])cc1)C(=O)N[C@H](C(=O)N[C@@H](Cc1ccc[n+](C)c1)C(N)=O)c1ccccc1.Cc1ccc(S(=O)(=O)[O-])cc1.Cc1ccc(S(=O)(=O)[O-])cc1.